The van der Waals surface area contributed by atoms with E-state index in [1.807, 2.05) is 39.3 Å². The molecule has 0 spiro atoms. The molecule has 4 heteroatoms. The number of benzene rings is 1. The maximum atomic E-state index is 13.0. The largest absolute Gasteiger partial charge is 0.292 e. The minimum absolute atomic E-state index is 0.0739. The molecule has 0 atom stereocenters. The van der Waals surface area contributed by atoms with Crippen LogP contribution in [0.2, 0.25) is 0 Å². The van der Waals surface area contributed by atoms with Gasteiger partial charge in [0.1, 0.15) is 16.8 Å². The number of unbranched alkanes of at least 4 members (excludes halogenated alkanes) is 1. The van der Waals surface area contributed by atoms with Crippen molar-refractivity contribution >= 4 is 27.6 Å². The Morgan fingerprint density at radius 3 is 2.65 bits per heavy atom. The van der Waals surface area contributed by atoms with Gasteiger partial charge in [0.25, 0.3) is 5.56 Å². The molecular weight excluding hydrogens is 286 g/mol. The molecule has 4 rings (SSSR count). The van der Waals surface area contributed by atoms with Gasteiger partial charge in [-0.15, -0.1) is 0 Å². The summed E-state index contributed by atoms with van der Waals surface area (Å²) in [5.41, 5.74) is 3.92. The van der Waals surface area contributed by atoms with Crippen molar-refractivity contribution in [2.75, 3.05) is 0 Å². The molecule has 3 aromatic heterocycles. The van der Waals surface area contributed by atoms with E-state index in [9.17, 15) is 4.79 Å². The van der Waals surface area contributed by atoms with Gasteiger partial charge in [0.05, 0.1) is 0 Å². The van der Waals surface area contributed by atoms with Gasteiger partial charge in [0, 0.05) is 23.5 Å². The molecule has 0 radical (unpaired) electrons. The Kier molecular flexibility index (Phi) is 3.18. The Balaban J connectivity index is 2.25. The lowest BCUT2D eigenvalue weighted by atomic mass is 10.1. The Labute approximate surface area is 134 Å². The minimum atomic E-state index is 0.0739. The van der Waals surface area contributed by atoms with Gasteiger partial charge < -0.3 is 0 Å². The van der Waals surface area contributed by atoms with Crippen LogP contribution in [0, 0.1) is 6.92 Å². The van der Waals surface area contributed by atoms with E-state index in [-0.39, 0.29) is 5.56 Å². The number of hydrogen-bond acceptors (Lipinski definition) is 2. The normalized spacial score (nSPS) is 11.7. The summed E-state index contributed by atoms with van der Waals surface area (Å²) in [6.07, 6.45) is 4.09. The van der Waals surface area contributed by atoms with Crippen molar-refractivity contribution in [3.63, 3.8) is 0 Å². The molecule has 4 nitrogen and oxygen atoms in total. The fourth-order valence-electron chi connectivity index (χ4n) is 3.22. The van der Waals surface area contributed by atoms with Crippen LogP contribution in [0.5, 0.6) is 0 Å². The van der Waals surface area contributed by atoms with E-state index in [4.69, 9.17) is 4.98 Å². The predicted octanol–water partition coefficient (Wildman–Crippen LogP) is 3.91. The molecule has 1 aromatic carbocycles. The van der Waals surface area contributed by atoms with Gasteiger partial charge in [-0.05, 0) is 31.0 Å². The molecule has 0 aliphatic heterocycles. The van der Waals surface area contributed by atoms with Crippen LogP contribution in [0.15, 0.2) is 47.4 Å². The zero-order chi connectivity index (χ0) is 16.0. The lowest BCUT2D eigenvalue weighted by Gasteiger charge is -2.10. The summed E-state index contributed by atoms with van der Waals surface area (Å²) in [5, 5.41) is 1.68. The monoisotopic (exact) mass is 305 g/mol. The third-order valence-electron chi connectivity index (χ3n) is 4.39. The van der Waals surface area contributed by atoms with Crippen LogP contribution in [-0.4, -0.2) is 14.0 Å². The molecule has 0 aliphatic rings. The third-order valence-corrected chi connectivity index (χ3v) is 4.39. The van der Waals surface area contributed by atoms with Crippen LogP contribution in [-0.2, 0) is 6.54 Å². The lowest BCUT2D eigenvalue weighted by Crippen LogP contribution is -2.21. The first kappa shape index (κ1) is 14.0. The SMILES string of the molecule is CCCCn1c(=O)c2ccccc2c2nc3ccc(C)cn3c21. The molecule has 0 fully saturated rings. The van der Waals surface area contributed by atoms with Gasteiger partial charge in [0.15, 0.2) is 0 Å². The summed E-state index contributed by atoms with van der Waals surface area (Å²) in [5.74, 6) is 0. The summed E-state index contributed by atoms with van der Waals surface area (Å²) >= 11 is 0. The number of imidazole rings is 1. The van der Waals surface area contributed by atoms with Crippen molar-refractivity contribution in [2.24, 2.45) is 0 Å². The summed E-state index contributed by atoms with van der Waals surface area (Å²) in [6.45, 7) is 4.92. The molecule has 0 saturated heterocycles. The second-order valence-electron chi connectivity index (χ2n) is 6.07. The van der Waals surface area contributed by atoms with E-state index >= 15 is 0 Å². The fourth-order valence-corrected chi connectivity index (χ4v) is 3.22. The lowest BCUT2D eigenvalue weighted by molar-refractivity contribution is 0.629. The van der Waals surface area contributed by atoms with Gasteiger partial charge in [0.2, 0.25) is 0 Å². The number of nitrogens with zero attached hydrogens (tertiary/aromatic N) is 3. The van der Waals surface area contributed by atoms with Crippen molar-refractivity contribution in [2.45, 2.75) is 33.2 Å². The van der Waals surface area contributed by atoms with E-state index in [1.54, 1.807) is 0 Å². The van der Waals surface area contributed by atoms with Crippen molar-refractivity contribution in [1.82, 2.24) is 14.0 Å². The second kappa shape index (κ2) is 5.23. The highest BCUT2D eigenvalue weighted by atomic mass is 16.1. The molecule has 0 bridgehead atoms. The zero-order valence-electron chi connectivity index (χ0n) is 13.4. The quantitative estimate of drug-likeness (QED) is 0.575. The Morgan fingerprint density at radius 1 is 1.09 bits per heavy atom. The zero-order valence-corrected chi connectivity index (χ0v) is 13.4. The highest BCUT2D eigenvalue weighted by molar-refractivity contribution is 6.03. The minimum Gasteiger partial charge on any atom is -0.292 e. The van der Waals surface area contributed by atoms with E-state index < -0.39 is 0 Å². The van der Waals surface area contributed by atoms with Crippen LogP contribution in [0.4, 0.5) is 0 Å². The maximum Gasteiger partial charge on any atom is 0.260 e. The summed E-state index contributed by atoms with van der Waals surface area (Å²) in [6, 6.07) is 11.8. The molecule has 0 amide bonds. The number of hydrogen-bond donors (Lipinski definition) is 0. The smallest absolute Gasteiger partial charge is 0.260 e. The van der Waals surface area contributed by atoms with Crippen molar-refractivity contribution in [1.29, 1.82) is 0 Å². The van der Waals surface area contributed by atoms with Gasteiger partial charge in [-0.3, -0.25) is 13.8 Å². The molecule has 23 heavy (non-hydrogen) atoms. The first-order valence-electron chi connectivity index (χ1n) is 8.10. The van der Waals surface area contributed by atoms with Crippen molar-refractivity contribution < 1.29 is 0 Å². The van der Waals surface area contributed by atoms with Gasteiger partial charge in [-0.2, -0.15) is 0 Å². The molecule has 0 unspecified atom stereocenters. The highest BCUT2D eigenvalue weighted by Gasteiger charge is 2.15. The average Bonchev–Trinajstić information content (AvgIpc) is 2.94. The average molecular weight is 305 g/mol. The van der Waals surface area contributed by atoms with Crippen LogP contribution < -0.4 is 5.56 Å². The molecule has 0 saturated carbocycles. The third kappa shape index (κ3) is 2.05. The molecule has 0 aliphatic carbocycles. The first-order valence-corrected chi connectivity index (χ1v) is 8.10. The molecule has 4 aromatic rings. The number of rotatable bonds is 3. The Bertz CT molecular complexity index is 1090. The Hall–Kier alpha value is -2.62. The molecular formula is C19H19N3O. The Morgan fingerprint density at radius 2 is 1.87 bits per heavy atom. The van der Waals surface area contributed by atoms with Crippen LogP contribution in [0.3, 0.4) is 0 Å². The number of aryl methyl sites for hydroxylation is 2. The topological polar surface area (TPSA) is 39.3 Å². The number of aromatic nitrogens is 3. The van der Waals surface area contributed by atoms with E-state index in [1.165, 1.54) is 0 Å². The van der Waals surface area contributed by atoms with Gasteiger partial charge in [-0.1, -0.05) is 37.6 Å². The molecule has 0 N–H and O–H groups in total. The van der Waals surface area contributed by atoms with Gasteiger partial charge >= 0.3 is 0 Å². The van der Waals surface area contributed by atoms with E-state index in [2.05, 4.69) is 26.1 Å². The first-order chi connectivity index (χ1) is 11.2. The molecule has 116 valence electrons. The summed E-state index contributed by atoms with van der Waals surface area (Å²) < 4.78 is 3.94. The maximum absolute atomic E-state index is 13.0. The number of pyridine rings is 2. The van der Waals surface area contributed by atoms with Crippen LogP contribution >= 0.6 is 0 Å². The predicted molar refractivity (Wildman–Crippen MR) is 94.1 cm³/mol. The highest BCUT2D eigenvalue weighted by Crippen LogP contribution is 2.24. The van der Waals surface area contributed by atoms with E-state index in [0.717, 1.165) is 52.5 Å². The van der Waals surface area contributed by atoms with E-state index in [0.29, 0.717) is 0 Å². The number of fused-ring (bicyclic) bond motifs is 5. The standard InChI is InChI=1S/C19H19N3O/c1-3-4-11-21-18-17(14-7-5-6-8-15(14)19(21)23)20-16-10-9-13(2)12-22(16)18/h5-10,12H,3-4,11H2,1-2H3. The fraction of sp³-hybridized carbons (Fsp3) is 0.263. The molecule has 3 heterocycles. The summed E-state index contributed by atoms with van der Waals surface area (Å²) in [7, 11) is 0. The van der Waals surface area contributed by atoms with Crippen LogP contribution in [0.25, 0.3) is 27.6 Å². The second-order valence-corrected chi connectivity index (χ2v) is 6.07. The summed E-state index contributed by atoms with van der Waals surface area (Å²) in [4.78, 5) is 17.8. The van der Waals surface area contributed by atoms with Gasteiger partial charge in [-0.25, -0.2) is 4.98 Å². The van der Waals surface area contributed by atoms with Crippen molar-refractivity contribution in [3.8, 4) is 0 Å². The van der Waals surface area contributed by atoms with Crippen LogP contribution in [0.1, 0.15) is 25.3 Å². The van der Waals surface area contributed by atoms with Crippen molar-refractivity contribution in [3.05, 3.63) is 58.5 Å².